The fraction of sp³-hybridized carbons (Fsp3) is 0.250. The average Bonchev–Trinajstić information content (AvgIpc) is 2.45. The highest BCUT2D eigenvalue weighted by molar-refractivity contribution is 7.99. The van der Waals surface area contributed by atoms with Crippen molar-refractivity contribution in [2.75, 3.05) is 12.8 Å². The van der Waals surface area contributed by atoms with Crippen LogP contribution in [0, 0.1) is 5.82 Å². The molecular weight excluding hydrogens is 293 g/mol. The van der Waals surface area contributed by atoms with Crippen LogP contribution in [0.5, 0.6) is 0 Å². The molecular formula is C16H17ClFNS. The maximum Gasteiger partial charge on any atom is 0.123 e. The van der Waals surface area contributed by atoms with Crippen LogP contribution in [0.1, 0.15) is 5.56 Å². The zero-order valence-electron chi connectivity index (χ0n) is 11.3. The summed E-state index contributed by atoms with van der Waals surface area (Å²) in [7, 11) is 1.94. The van der Waals surface area contributed by atoms with Crippen molar-refractivity contribution in [3.05, 3.63) is 64.9 Å². The molecule has 1 unspecified atom stereocenters. The van der Waals surface area contributed by atoms with Crippen molar-refractivity contribution >= 4 is 23.4 Å². The summed E-state index contributed by atoms with van der Waals surface area (Å²) in [6.45, 7) is 0. The Balaban J connectivity index is 1.90. The van der Waals surface area contributed by atoms with Crippen LogP contribution >= 0.6 is 23.4 Å². The van der Waals surface area contributed by atoms with Gasteiger partial charge in [0.25, 0.3) is 0 Å². The molecule has 106 valence electrons. The Hall–Kier alpha value is -1.03. The number of likely N-dealkylation sites (N-methyl/N-ethyl adjacent to an activating group) is 1. The minimum atomic E-state index is -0.178. The lowest BCUT2D eigenvalue weighted by molar-refractivity contribution is 0.602. The van der Waals surface area contributed by atoms with Gasteiger partial charge in [-0.05, 0) is 55.4 Å². The summed E-state index contributed by atoms with van der Waals surface area (Å²) >= 11 is 7.64. The molecule has 0 fully saturated rings. The number of hydrogen-bond acceptors (Lipinski definition) is 2. The van der Waals surface area contributed by atoms with Gasteiger partial charge in [0.15, 0.2) is 0 Å². The highest BCUT2D eigenvalue weighted by Gasteiger charge is 2.08. The van der Waals surface area contributed by atoms with Crippen molar-refractivity contribution in [1.29, 1.82) is 0 Å². The fourth-order valence-electron chi connectivity index (χ4n) is 1.92. The quantitative estimate of drug-likeness (QED) is 0.794. The molecule has 0 aliphatic heterocycles. The van der Waals surface area contributed by atoms with E-state index in [1.807, 2.05) is 37.4 Å². The van der Waals surface area contributed by atoms with Gasteiger partial charge in [0.05, 0.1) is 0 Å². The Kier molecular flexibility index (Phi) is 5.89. The molecule has 2 rings (SSSR count). The van der Waals surface area contributed by atoms with E-state index in [1.165, 1.54) is 11.0 Å². The van der Waals surface area contributed by atoms with Crippen molar-refractivity contribution in [2.45, 2.75) is 17.4 Å². The first-order valence-corrected chi connectivity index (χ1v) is 7.84. The molecule has 0 aliphatic rings. The van der Waals surface area contributed by atoms with E-state index in [0.717, 1.165) is 22.8 Å². The van der Waals surface area contributed by atoms with E-state index in [0.29, 0.717) is 6.04 Å². The number of nitrogens with one attached hydrogen (secondary N) is 1. The van der Waals surface area contributed by atoms with Crippen molar-refractivity contribution < 1.29 is 4.39 Å². The zero-order valence-corrected chi connectivity index (χ0v) is 12.8. The molecule has 0 spiro atoms. The maximum absolute atomic E-state index is 13.2. The Morgan fingerprint density at radius 1 is 1.20 bits per heavy atom. The lowest BCUT2D eigenvalue weighted by atomic mass is 10.1. The number of hydrogen-bond donors (Lipinski definition) is 1. The van der Waals surface area contributed by atoms with E-state index in [4.69, 9.17) is 11.6 Å². The summed E-state index contributed by atoms with van der Waals surface area (Å²) in [6.07, 6.45) is 0.814. The van der Waals surface area contributed by atoms with E-state index in [9.17, 15) is 4.39 Å². The molecule has 2 aromatic carbocycles. The molecule has 4 heteroatoms. The van der Waals surface area contributed by atoms with Crippen LogP contribution in [0.2, 0.25) is 5.02 Å². The number of thioether (sulfide) groups is 1. The summed E-state index contributed by atoms with van der Waals surface area (Å²) in [4.78, 5) is 1.19. The molecule has 2 aromatic rings. The lowest BCUT2D eigenvalue weighted by Crippen LogP contribution is -2.30. The van der Waals surface area contributed by atoms with Crippen LogP contribution in [0.15, 0.2) is 53.4 Å². The molecule has 0 amide bonds. The van der Waals surface area contributed by atoms with E-state index in [1.54, 1.807) is 23.9 Å². The van der Waals surface area contributed by atoms with Crippen LogP contribution < -0.4 is 5.32 Å². The van der Waals surface area contributed by atoms with Gasteiger partial charge in [-0.15, -0.1) is 11.8 Å². The molecule has 0 aliphatic carbocycles. The summed E-state index contributed by atoms with van der Waals surface area (Å²) in [5.74, 6) is 0.747. The Labute approximate surface area is 128 Å². The molecule has 0 aromatic heterocycles. The lowest BCUT2D eigenvalue weighted by Gasteiger charge is -2.16. The molecule has 20 heavy (non-hydrogen) atoms. The van der Waals surface area contributed by atoms with Gasteiger partial charge in [0.2, 0.25) is 0 Å². The van der Waals surface area contributed by atoms with Crippen molar-refractivity contribution in [3.8, 4) is 0 Å². The standard InChI is InChI=1S/C16H17ClFNS/c1-19-15(10-12-3-2-4-14(18)9-12)11-20-16-7-5-13(17)6-8-16/h2-9,15,19H,10-11H2,1H3. The van der Waals surface area contributed by atoms with Crippen LogP contribution in [0.4, 0.5) is 4.39 Å². The highest BCUT2D eigenvalue weighted by atomic mass is 35.5. The molecule has 1 atom stereocenters. The Morgan fingerprint density at radius 3 is 2.60 bits per heavy atom. The van der Waals surface area contributed by atoms with Gasteiger partial charge in [-0.25, -0.2) is 4.39 Å². The second-order valence-electron chi connectivity index (χ2n) is 4.58. The SMILES string of the molecule is CNC(CSc1ccc(Cl)cc1)Cc1cccc(F)c1. The monoisotopic (exact) mass is 309 g/mol. The average molecular weight is 310 g/mol. The molecule has 1 N–H and O–H groups in total. The van der Waals surface area contributed by atoms with Crippen LogP contribution in [-0.2, 0) is 6.42 Å². The third kappa shape index (κ3) is 4.82. The van der Waals surface area contributed by atoms with Crippen molar-refractivity contribution in [1.82, 2.24) is 5.32 Å². The minimum Gasteiger partial charge on any atom is -0.316 e. The first-order valence-electron chi connectivity index (χ1n) is 6.47. The second kappa shape index (κ2) is 7.67. The van der Waals surface area contributed by atoms with E-state index in [-0.39, 0.29) is 5.82 Å². The Morgan fingerprint density at radius 2 is 1.95 bits per heavy atom. The van der Waals surface area contributed by atoms with Gasteiger partial charge in [0, 0.05) is 21.7 Å². The summed E-state index contributed by atoms with van der Waals surface area (Å²) in [6, 6.07) is 14.9. The number of benzene rings is 2. The molecule has 0 bridgehead atoms. The normalized spacial score (nSPS) is 12.3. The predicted octanol–water partition coefficient (Wildman–Crippen LogP) is 4.40. The maximum atomic E-state index is 13.2. The van der Waals surface area contributed by atoms with E-state index >= 15 is 0 Å². The summed E-state index contributed by atoms with van der Waals surface area (Å²) < 4.78 is 13.2. The summed E-state index contributed by atoms with van der Waals surface area (Å²) in [5.41, 5.74) is 1.01. The van der Waals surface area contributed by atoms with E-state index < -0.39 is 0 Å². The molecule has 0 heterocycles. The van der Waals surface area contributed by atoms with Gasteiger partial charge in [-0.1, -0.05) is 23.7 Å². The second-order valence-corrected chi connectivity index (χ2v) is 6.11. The third-order valence-electron chi connectivity index (χ3n) is 3.04. The van der Waals surface area contributed by atoms with Gasteiger partial charge in [-0.3, -0.25) is 0 Å². The third-order valence-corrected chi connectivity index (χ3v) is 4.47. The zero-order chi connectivity index (χ0) is 14.4. The minimum absolute atomic E-state index is 0.178. The van der Waals surface area contributed by atoms with Crippen molar-refractivity contribution in [2.24, 2.45) is 0 Å². The topological polar surface area (TPSA) is 12.0 Å². The van der Waals surface area contributed by atoms with Crippen LogP contribution in [-0.4, -0.2) is 18.8 Å². The van der Waals surface area contributed by atoms with Gasteiger partial charge in [-0.2, -0.15) is 0 Å². The molecule has 0 saturated heterocycles. The Bertz CT molecular complexity index is 544. The number of halogens is 2. The fourth-order valence-corrected chi connectivity index (χ4v) is 3.05. The molecule has 0 saturated carbocycles. The number of rotatable bonds is 6. The van der Waals surface area contributed by atoms with Gasteiger partial charge in [0.1, 0.15) is 5.82 Å². The van der Waals surface area contributed by atoms with Gasteiger partial charge < -0.3 is 5.32 Å². The van der Waals surface area contributed by atoms with E-state index in [2.05, 4.69) is 5.32 Å². The van der Waals surface area contributed by atoms with Crippen LogP contribution in [0.3, 0.4) is 0 Å². The largest absolute Gasteiger partial charge is 0.316 e. The first-order chi connectivity index (χ1) is 9.67. The first kappa shape index (κ1) is 15.4. The molecule has 0 radical (unpaired) electrons. The van der Waals surface area contributed by atoms with Gasteiger partial charge >= 0.3 is 0 Å². The molecule has 1 nitrogen and oxygen atoms in total. The van der Waals surface area contributed by atoms with Crippen LogP contribution in [0.25, 0.3) is 0 Å². The highest BCUT2D eigenvalue weighted by Crippen LogP contribution is 2.22. The smallest absolute Gasteiger partial charge is 0.123 e. The predicted molar refractivity (Wildman–Crippen MR) is 85.1 cm³/mol. The van der Waals surface area contributed by atoms with Crippen molar-refractivity contribution in [3.63, 3.8) is 0 Å². The summed E-state index contributed by atoms with van der Waals surface area (Å²) in [5, 5.41) is 4.03.